The van der Waals surface area contributed by atoms with Crippen LogP contribution in [0.5, 0.6) is 0 Å². The van der Waals surface area contributed by atoms with Crippen LogP contribution >= 0.6 is 0 Å². The van der Waals surface area contributed by atoms with Crippen molar-refractivity contribution >= 4 is 5.91 Å². The molecule has 4 nitrogen and oxygen atoms in total. The Morgan fingerprint density at radius 1 is 1.32 bits per heavy atom. The third kappa shape index (κ3) is 6.92. The van der Waals surface area contributed by atoms with E-state index in [1.807, 2.05) is 4.90 Å². The molecule has 0 aromatic rings. The van der Waals surface area contributed by atoms with E-state index in [0.717, 1.165) is 32.8 Å². The van der Waals surface area contributed by atoms with Crippen LogP contribution in [0, 0.1) is 5.92 Å². The normalized spacial score (nSPS) is 17.5. The number of piperazine rings is 1. The summed E-state index contributed by atoms with van der Waals surface area (Å²) in [4.78, 5) is 13.8. The van der Waals surface area contributed by atoms with E-state index >= 15 is 0 Å². The number of rotatable bonds is 9. The van der Waals surface area contributed by atoms with Gasteiger partial charge in [0.05, 0.1) is 13.0 Å². The van der Waals surface area contributed by atoms with E-state index in [0.29, 0.717) is 18.9 Å². The summed E-state index contributed by atoms with van der Waals surface area (Å²) in [7, 11) is 0. The highest BCUT2D eigenvalue weighted by Crippen LogP contribution is 2.12. The van der Waals surface area contributed by atoms with Crippen LogP contribution in [0.1, 0.15) is 46.0 Å². The van der Waals surface area contributed by atoms with Crippen molar-refractivity contribution in [1.29, 1.82) is 0 Å². The summed E-state index contributed by atoms with van der Waals surface area (Å²) >= 11 is 0. The maximum Gasteiger partial charge on any atom is 0.224 e. The van der Waals surface area contributed by atoms with Crippen molar-refractivity contribution in [2.24, 2.45) is 5.92 Å². The number of ether oxygens (including phenoxy) is 1. The minimum absolute atomic E-state index is 0.239. The van der Waals surface area contributed by atoms with Crippen molar-refractivity contribution in [3.05, 3.63) is 0 Å². The van der Waals surface area contributed by atoms with Gasteiger partial charge in [-0.15, -0.1) is 0 Å². The average Bonchev–Trinajstić information content (AvgIpc) is 2.47. The number of unbranched alkanes of at least 4 members (excludes halogenated alkanes) is 1. The van der Waals surface area contributed by atoms with Gasteiger partial charge in [0, 0.05) is 32.8 Å². The zero-order chi connectivity index (χ0) is 13.9. The number of amides is 1. The Labute approximate surface area is 117 Å². The molecule has 0 aromatic heterocycles. The van der Waals surface area contributed by atoms with Gasteiger partial charge in [0.25, 0.3) is 0 Å². The number of nitrogens with zero attached hydrogens (tertiary/aromatic N) is 1. The predicted octanol–water partition coefficient (Wildman–Crippen LogP) is 2.04. The van der Waals surface area contributed by atoms with Crippen LogP contribution in [-0.4, -0.2) is 50.2 Å². The molecule has 0 spiro atoms. The summed E-state index contributed by atoms with van der Waals surface area (Å²) in [5.41, 5.74) is 0. The van der Waals surface area contributed by atoms with Crippen molar-refractivity contribution in [2.45, 2.75) is 46.0 Å². The number of nitrogens with one attached hydrogen (secondary N) is 1. The molecular formula is C15H30N2O2. The SMILES string of the molecule is CCCCC(CC)COCCC(=O)N1CCNCC1. The molecule has 1 heterocycles. The fraction of sp³-hybridized carbons (Fsp3) is 0.933. The van der Waals surface area contributed by atoms with E-state index < -0.39 is 0 Å². The molecule has 1 atom stereocenters. The van der Waals surface area contributed by atoms with Crippen molar-refractivity contribution in [1.82, 2.24) is 10.2 Å². The molecule has 1 saturated heterocycles. The summed E-state index contributed by atoms with van der Waals surface area (Å²) in [6.07, 6.45) is 5.48. The Morgan fingerprint density at radius 3 is 2.68 bits per heavy atom. The van der Waals surface area contributed by atoms with E-state index in [2.05, 4.69) is 19.2 Å². The van der Waals surface area contributed by atoms with Crippen LogP contribution in [0.15, 0.2) is 0 Å². The molecule has 0 bridgehead atoms. The molecule has 1 amide bonds. The Hall–Kier alpha value is -0.610. The summed E-state index contributed by atoms with van der Waals surface area (Å²) in [6.45, 7) is 9.34. The van der Waals surface area contributed by atoms with Gasteiger partial charge >= 0.3 is 0 Å². The second kappa shape index (κ2) is 10.2. The highest BCUT2D eigenvalue weighted by molar-refractivity contribution is 5.76. The van der Waals surface area contributed by atoms with Gasteiger partial charge in [-0.3, -0.25) is 4.79 Å². The predicted molar refractivity (Wildman–Crippen MR) is 78.2 cm³/mol. The molecular weight excluding hydrogens is 240 g/mol. The first-order valence-electron chi connectivity index (χ1n) is 7.84. The number of carbonyl (C=O) groups is 1. The topological polar surface area (TPSA) is 41.6 Å². The molecule has 0 saturated carbocycles. The van der Waals surface area contributed by atoms with Gasteiger partial charge in [-0.05, 0) is 12.3 Å². The highest BCUT2D eigenvalue weighted by atomic mass is 16.5. The van der Waals surface area contributed by atoms with Crippen LogP contribution in [0.2, 0.25) is 0 Å². The second-order valence-electron chi connectivity index (χ2n) is 5.37. The maximum absolute atomic E-state index is 11.9. The molecule has 0 aromatic carbocycles. The van der Waals surface area contributed by atoms with Crippen LogP contribution in [0.4, 0.5) is 0 Å². The van der Waals surface area contributed by atoms with Gasteiger partial charge in [-0.2, -0.15) is 0 Å². The Morgan fingerprint density at radius 2 is 2.05 bits per heavy atom. The zero-order valence-corrected chi connectivity index (χ0v) is 12.6. The molecule has 0 aliphatic carbocycles. The van der Waals surface area contributed by atoms with Gasteiger partial charge < -0.3 is 15.0 Å². The van der Waals surface area contributed by atoms with E-state index in [-0.39, 0.29) is 5.91 Å². The Balaban J connectivity index is 2.06. The second-order valence-corrected chi connectivity index (χ2v) is 5.37. The van der Waals surface area contributed by atoms with Crippen molar-refractivity contribution < 1.29 is 9.53 Å². The molecule has 1 fully saturated rings. The number of hydrogen-bond acceptors (Lipinski definition) is 3. The molecule has 4 heteroatoms. The van der Waals surface area contributed by atoms with Crippen LogP contribution < -0.4 is 5.32 Å². The van der Waals surface area contributed by atoms with Gasteiger partial charge in [-0.25, -0.2) is 0 Å². The number of hydrogen-bond donors (Lipinski definition) is 1. The number of carbonyl (C=O) groups excluding carboxylic acids is 1. The van der Waals surface area contributed by atoms with E-state index in [1.54, 1.807) is 0 Å². The minimum atomic E-state index is 0.239. The van der Waals surface area contributed by atoms with Crippen molar-refractivity contribution in [2.75, 3.05) is 39.4 Å². The molecule has 1 aliphatic rings. The third-order valence-corrected chi connectivity index (χ3v) is 3.83. The first-order chi connectivity index (χ1) is 9.27. The van der Waals surface area contributed by atoms with Crippen molar-refractivity contribution in [3.63, 3.8) is 0 Å². The Bertz CT molecular complexity index is 240. The summed E-state index contributed by atoms with van der Waals surface area (Å²) in [5, 5.41) is 3.25. The fourth-order valence-corrected chi connectivity index (χ4v) is 2.38. The zero-order valence-electron chi connectivity index (χ0n) is 12.6. The molecule has 1 N–H and O–H groups in total. The van der Waals surface area contributed by atoms with E-state index in [4.69, 9.17) is 4.74 Å². The smallest absolute Gasteiger partial charge is 0.224 e. The molecule has 112 valence electrons. The van der Waals surface area contributed by atoms with Gasteiger partial charge in [0.15, 0.2) is 0 Å². The van der Waals surface area contributed by atoms with Gasteiger partial charge in [-0.1, -0.05) is 33.1 Å². The third-order valence-electron chi connectivity index (χ3n) is 3.83. The van der Waals surface area contributed by atoms with Crippen LogP contribution in [0.25, 0.3) is 0 Å². The standard InChI is InChI=1S/C15H30N2O2/c1-3-5-6-14(4-2)13-19-12-7-15(18)17-10-8-16-9-11-17/h14,16H,3-13H2,1-2H3. The quantitative estimate of drug-likeness (QED) is 0.652. The van der Waals surface area contributed by atoms with Crippen LogP contribution in [-0.2, 0) is 9.53 Å². The first-order valence-corrected chi connectivity index (χ1v) is 7.84. The molecule has 0 radical (unpaired) electrons. The molecule has 1 aliphatic heterocycles. The lowest BCUT2D eigenvalue weighted by Gasteiger charge is -2.27. The summed E-state index contributed by atoms with van der Waals surface area (Å²) in [6, 6.07) is 0. The van der Waals surface area contributed by atoms with Crippen LogP contribution in [0.3, 0.4) is 0 Å². The average molecular weight is 270 g/mol. The van der Waals surface area contributed by atoms with Gasteiger partial charge in [0.2, 0.25) is 5.91 Å². The molecule has 19 heavy (non-hydrogen) atoms. The first kappa shape index (κ1) is 16.4. The van der Waals surface area contributed by atoms with E-state index in [1.165, 1.54) is 25.7 Å². The Kier molecular flexibility index (Phi) is 8.84. The van der Waals surface area contributed by atoms with E-state index in [9.17, 15) is 4.79 Å². The van der Waals surface area contributed by atoms with Gasteiger partial charge in [0.1, 0.15) is 0 Å². The fourth-order valence-electron chi connectivity index (χ4n) is 2.38. The summed E-state index contributed by atoms with van der Waals surface area (Å²) < 4.78 is 5.68. The largest absolute Gasteiger partial charge is 0.381 e. The highest BCUT2D eigenvalue weighted by Gasteiger charge is 2.15. The summed E-state index contributed by atoms with van der Waals surface area (Å²) in [5.74, 6) is 0.900. The van der Waals surface area contributed by atoms with Crippen molar-refractivity contribution in [3.8, 4) is 0 Å². The minimum Gasteiger partial charge on any atom is -0.381 e. The monoisotopic (exact) mass is 270 g/mol. The lowest BCUT2D eigenvalue weighted by Crippen LogP contribution is -2.46. The molecule has 1 rings (SSSR count). The lowest BCUT2D eigenvalue weighted by atomic mass is 10.0. The maximum atomic E-state index is 11.9. The molecule has 1 unspecified atom stereocenters. The lowest BCUT2D eigenvalue weighted by molar-refractivity contribution is -0.133.